The summed E-state index contributed by atoms with van der Waals surface area (Å²) in [5.74, 6) is 1.86. The zero-order valence-electron chi connectivity index (χ0n) is 13.5. The van der Waals surface area contributed by atoms with Crippen LogP contribution in [0.2, 0.25) is 0 Å². The van der Waals surface area contributed by atoms with Crippen LogP contribution in [0.15, 0.2) is 46.9 Å². The molecule has 1 saturated heterocycles. The average Bonchev–Trinajstić information content (AvgIpc) is 3.02. The van der Waals surface area contributed by atoms with E-state index in [2.05, 4.69) is 12.1 Å². The predicted molar refractivity (Wildman–Crippen MR) is 88.1 cm³/mol. The van der Waals surface area contributed by atoms with Crippen molar-refractivity contribution in [3.63, 3.8) is 0 Å². The fraction of sp³-hybridized carbons (Fsp3) is 0.421. The lowest BCUT2D eigenvalue weighted by Gasteiger charge is -2.34. The van der Waals surface area contributed by atoms with E-state index >= 15 is 0 Å². The van der Waals surface area contributed by atoms with E-state index in [0.29, 0.717) is 26.2 Å². The van der Waals surface area contributed by atoms with E-state index in [9.17, 15) is 4.79 Å². The first-order chi connectivity index (χ1) is 11.2. The van der Waals surface area contributed by atoms with Crippen LogP contribution in [0.5, 0.6) is 0 Å². The third-order valence-electron chi connectivity index (χ3n) is 4.24. The Morgan fingerprint density at radius 2 is 2.04 bits per heavy atom. The van der Waals surface area contributed by atoms with E-state index in [0.717, 1.165) is 24.4 Å². The van der Waals surface area contributed by atoms with E-state index in [1.807, 2.05) is 42.2 Å². The van der Waals surface area contributed by atoms with Gasteiger partial charge >= 0.3 is 0 Å². The normalized spacial score (nSPS) is 18.1. The van der Waals surface area contributed by atoms with Crippen LogP contribution in [0.25, 0.3) is 0 Å². The van der Waals surface area contributed by atoms with Crippen molar-refractivity contribution < 1.29 is 13.9 Å². The topological polar surface area (TPSA) is 42.7 Å². The van der Waals surface area contributed by atoms with E-state index in [-0.39, 0.29) is 11.9 Å². The highest BCUT2D eigenvalue weighted by Crippen LogP contribution is 2.26. The molecule has 3 rings (SSSR count). The maximum atomic E-state index is 12.6. The molecule has 1 aromatic heterocycles. The first-order valence-corrected chi connectivity index (χ1v) is 8.21. The minimum absolute atomic E-state index is 0.0957. The molecule has 0 spiro atoms. The van der Waals surface area contributed by atoms with Gasteiger partial charge in [-0.25, -0.2) is 0 Å². The number of nitrogens with zero attached hydrogens (tertiary/aromatic N) is 1. The SMILES string of the molecule is Cc1ccc(C2COCCN2C(=O)CCCc2ccccc2)o1. The van der Waals surface area contributed by atoms with Crippen LogP contribution in [-0.2, 0) is 16.0 Å². The van der Waals surface area contributed by atoms with Gasteiger partial charge in [-0.1, -0.05) is 30.3 Å². The number of furan rings is 1. The van der Waals surface area contributed by atoms with Crippen molar-refractivity contribution >= 4 is 5.91 Å². The Bertz CT molecular complexity index is 635. The molecule has 1 unspecified atom stereocenters. The molecule has 1 aliphatic rings. The van der Waals surface area contributed by atoms with Gasteiger partial charge in [-0.2, -0.15) is 0 Å². The van der Waals surface area contributed by atoms with Gasteiger partial charge in [-0.05, 0) is 37.5 Å². The molecular formula is C19H23NO3. The van der Waals surface area contributed by atoms with Crippen molar-refractivity contribution in [2.24, 2.45) is 0 Å². The van der Waals surface area contributed by atoms with Crippen molar-refractivity contribution in [3.8, 4) is 0 Å². The Balaban J connectivity index is 1.58. The Morgan fingerprint density at radius 3 is 2.78 bits per heavy atom. The fourth-order valence-corrected chi connectivity index (χ4v) is 3.00. The summed E-state index contributed by atoms with van der Waals surface area (Å²) in [4.78, 5) is 14.5. The molecule has 1 aliphatic heterocycles. The summed E-state index contributed by atoms with van der Waals surface area (Å²) < 4.78 is 11.2. The van der Waals surface area contributed by atoms with E-state index in [4.69, 9.17) is 9.15 Å². The Kier molecular flexibility index (Phi) is 5.13. The number of carbonyl (C=O) groups excluding carboxylic acids is 1. The summed E-state index contributed by atoms with van der Waals surface area (Å²) in [5.41, 5.74) is 1.28. The van der Waals surface area contributed by atoms with E-state index < -0.39 is 0 Å². The zero-order valence-corrected chi connectivity index (χ0v) is 13.5. The Hall–Kier alpha value is -2.07. The molecule has 122 valence electrons. The van der Waals surface area contributed by atoms with Crippen molar-refractivity contribution in [3.05, 3.63) is 59.5 Å². The summed E-state index contributed by atoms with van der Waals surface area (Å²) in [6.45, 7) is 3.66. The molecule has 0 bridgehead atoms. The summed E-state index contributed by atoms with van der Waals surface area (Å²) in [6, 6.07) is 14.1. The fourth-order valence-electron chi connectivity index (χ4n) is 3.00. The van der Waals surface area contributed by atoms with Gasteiger partial charge in [0.25, 0.3) is 0 Å². The second-order valence-corrected chi connectivity index (χ2v) is 5.97. The Labute approximate surface area is 137 Å². The number of aryl methyl sites for hydroxylation is 2. The first kappa shape index (κ1) is 15.8. The monoisotopic (exact) mass is 313 g/mol. The molecule has 0 saturated carbocycles. The molecule has 1 fully saturated rings. The highest BCUT2D eigenvalue weighted by Gasteiger charge is 2.30. The van der Waals surface area contributed by atoms with Crippen LogP contribution in [0.3, 0.4) is 0 Å². The smallest absolute Gasteiger partial charge is 0.223 e. The second-order valence-electron chi connectivity index (χ2n) is 5.97. The standard InChI is InChI=1S/C19H23NO3/c1-15-10-11-18(23-15)17-14-22-13-12-20(17)19(21)9-5-8-16-6-3-2-4-7-16/h2-4,6-7,10-11,17H,5,8-9,12-14H2,1H3. The quantitative estimate of drug-likeness (QED) is 0.848. The summed E-state index contributed by atoms with van der Waals surface area (Å²) in [6.07, 6.45) is 2.36. The molecule has 1 aromatic carbocycles. The molecule has 2 heterocycles. The maximum Gasteiger partial charge on any atom is 0.223 e. The van der Waals surface area contributed by atoms with Crippen LogP contribution in [0.4, 0.5) is 0 Å². The van der Waals surface area contributed by atoms with Crippen molar-refractivity contribution in [1.82, 2.24) is 4.90 Å². The number of benzene rings is 1. The predicted octanol–water partition coefficient (Wildman–Crippen LogP) is 3.51. The zero-order chi connectivity index (χ0) is 16.1. The summed E-state index contributed by atoms with van der Waals surface area (Å²) >= 11 is 0. The second kappa shape index (κ2) is 7.47. The number of morpholine rings is 1. The minimum Gasteiger partial charge on any atom is -0.464 e. The lowest BCUT2D eigenvalue weighted by Crippen LogP contribution is -2.43. The van der Waals surface area contributed by atoms with Crippen molar-refractivity contribution in [2.75, 3.05) is 19.8 Å². The molecule has 4 nitrogen and oxygen atoms in total. The molecule has 23 heavy (non-hydrogen) atoms. The highest BCUT2D eigenvalue weighted by atomic mass is 16.5. The molecule has 2 aromatic rings. The largest absolute Gasteiger partial charge is 0.464 e. The number of hydrogen-bond acceptors (Lipinski definition) is 3. The van der Waals surface area contributed by atoms with Gasteiger partial charge in [-0.3, -0.25) is 4.79 Å². The van der Waals surface area contributed by atoms with Gasteiger partial charge in [0.2, 0.25) is 5.91 Å². The molecule has 0 radical (unpaired) electrons. The lowest BCUT2D eigenvalue weighted by molar-refractivity contribution is -0.141. The Morgan fingerprint density at radius 1 is 1.22 bits per heavy atom. The number of amides is 1. The number of carbonyl (C=O) groups is 1. The molecule has 4 heteroatoms. The van der Waals surface area contributed by atoms with Gasteiger partial charge in [0, 0.05) is 13.0 Å². The molecule has 1 amide bonds. The first-order valence-electron chi connectivity index (χ1n) is 8.21. The van der Waals surface area contributed by atoms with E-state index in [1.165, 1.54) is 5.56 Å². The number of hydrogen-bond donors (Lipinski definition) is 0. The van der Waals surface area contributed by atoms with Crippen LogP contribution >= 0.6 is 0 Å². The molecule has 0 N–H and O–H groups in total. The third kappa shape index (κ3) is 4.02. The van der Waals surface area contributed by atoms with Crippen LogP contribution in [-0.4, -0.2) is 30.6 Å². The van der Waals surface area contributed by atoms with Gasteiger partial charge in [0.05, 0.1) is 13.2 Å². The van der Waals surface area contributed by atoms with Crippen LogP contribution in [0.1, 0.15) is 36.0 Å². The molecular weight excluding hydrogens is 290 g/mol. The van der Waals surface area contributed by atoms with Crippen molar-refractivity contribution in [1.29, 1.82) is 0 Å². The molecule has 0 aliphatic carbocycles. The average molecular weight is 313 g/mol. The van der Waals surface area contributed by atoms with E-state index in [1.54, 1.807) is 0 Å². The highest BCUT2D eigenvalue weighted by molar-refractivity contribution is 5.76. The van der Waals surface area contributed by atoms with Gasteiger partial charge in [-0.15, -0.1) is 0 Å². The van der Waals surface area contributed by atoms with Gasteiger partial charge < -0.3 is 14.1 Å². The molecule has 1 atom stereocenters. The summed E-state index contributed by atoms with van der Waals surface area (Å²) in [5, 5.41) is 0. The number of ether oxygens (including phenoxy) is 1. The van der Waals surface area contributed by atoms with Gasteiger partial charge in [0.15, 0.2) is 0 Å². The van der Waals surface area contributed by atoms with Crippen LogP contribution in [0, 0.1) is 6.92 Å². The lowest BCUT2D eigenvalue weighted by atomic mass is 10.1. The van der Waals surface area contributed by atoms with Crippen LogP contribution < -0.4 is 0 Å². The van der Waals surface area contributed by atoms with Crippen molar-refractivity contribution in [2.45, 2.75) is 32.2 Å². The number of rotatable bonds is 5. The summed E-state index contributed by atoms with van der Waals surface area (Å²) in [7, 11) is 0. The van der Waals surface area contributed by atoms with Gasteiger partial charge in [0.1, 0.15) is 17.6 Å². The third-order valence-corrected chi connectivity index (χ3v) is 4.24. The minimum atomic E-state index is -0.0957. The maximum absolute atomic E-state index is 12.6.